The molecule has 8 heteroatoms. The van der Waals surface area contributed by atoms with E-state index in [0.717, 1.165) is 48.8 Å². The molecule has 0 N–H and O–H groups in total. The van der Waals surface area contributed by atoms with Crippen molar-refractivity contribution in [2.45, 2.75) is 39.7 Å². The molecule has 5 rings (SSSR count). The number of carbonyl (C=O) groups is 2. The van der Waals surface area contributed by atoms with Gasteiger partial charge in [0.1, 0.15) is 12.2 Å². The average molecular weight is 535 g/mol. The SMILES string of the molecule is CCc1cccc2c(/C=C3/C(=O)N(c4ccc(Cl)cc4)C(=S)N3C)cn(CC(=O)N3CCC(C)CC3)c12. The minimum absolute atomic E-state index is 0.137. The van der Waals surface area contributed by atoms with Crippen LogP contribution in [0.1, 0.15) is 37.8 Å². The second-order valence-electron chi connectivity index (χ2n) is 9.93. The number of halogens is 1. The molecule has 0 aliphatic carbocycles. The van der Waals surface area contributed by atoms with E-state index in [0.29, 0.717) is 27.4 Å². The lowest BCUT2D eigenvalue weighted by molar-refractivity contribution is -0.133. The Bertz CT molecular complexity index is 1400. The van der Waals surface area contributed by atoms with Crippen LogP contribution >= 0.6 is 23.8 Å². The molecule has 192 valence electrons. The first-order valence-electron chi connectivity index (χ1n) is 12.8. The highest BCUT2D eigenvalue weighted by Crippen LogP contribution is 2.32. The maximum atomic E-state index is 13.5. The lowest BCUT2D eigenvalue weighted by atomic mass is 9.99. The fraction of sp³-hybridized carbons (Fsp3) is 0.345. The van der Waals surface area contributed by atoms with E-state index >= 15 is 0 Å². The molecule has 0 bridgehead atoms. The lowest BCUT2D eigenvalue weighted by Crippen LogP contribution is -2.39. The lowest BCUT2D eigenvalue weighted by Gasteiger charge is -2.30. The summed E-state index contributed by atoms with van der Waals surface area (Å²) in [6, 6.07) is 13.3. The number of fused-ring (bicyclic) bond motifs is 1. The number of carbonyl (C=O) groups excluding carboxylic acids is 2. The molecule has 0 spiro atoms. The van der Waals surface area contributed by atoms with Gasteiger partial charge >= 0.3 is 0 Å². The molecule has 2 aliphatic rings. The molecule has 2 saturated heterocycles. The second kappa shape index (κ2) is 10.3. The minimum atomic E-state index is -0.194. The van der Waals surface area contributed by atoms with E-state index in [1.165, 1.54) is 10.5 Å². The highest BCUT2D eigenvalue weighted by Gasteiger charge is 2.37. The van der Waals surface area contributed by atoms with Gasteiger partial charge < -0.3 is 14.4 Å². The zero-order valence-corrected chi connectivity index (χ0v) is 23.0. The third-order valence-electron chi connectivity index (χ3n) is 7.47. The topological polar surface area (TPSA) is 48.8 Å². The van der Waals surface area contributed by atoms with Crippen molar-refractivity contribution < 1.29 is 9.59 Å². The van der Waals surface area contributed by atoms with E-state index in [9.17, 15) is 9.59 Å². The van der Waals surface area contributed by atoms with E-state index in [4.69, 9.17) is 23.8 Å². The summed E-state index contributed by atoms with van der Waals surface area (Å²) >= 11 is 11.7. The van der Waals surface area contributed by atoms with Crippen molar-refractivity contribution in [2.24, 2.45) is 5.92 Å². The Kier molecular flexibility index (Phi) is 7.10. The molecule has 1 aromatic heterocycles. The first-order chi connectivity index (χ1) is 17.8. The van der Waals surface area contributed by atoms with E-state index < -0.39 is 0 Å². The number of likely N-dealkylation sites (tertiary alicyclic amines) is 1. The standard InChI is InChI=1S/C29H31ClN4O2S/c1-4-20-6-5-7-24-21(17-33(27(20)24)18-26(35)32-14-12-19(2)13-15-32)16-25-28(36)34(29(37)31(25)3)23-10-8-22(30)9-11-23/h5-11,16-17,19H,4,12-15,18H2,1-3H3/b25-16-. The molecule has 0 unspecified atom stereocenters. The van der Waals surface area contributed by atoms with Crippen molar-refractivity contribution >= 4 is 63.4 Å². The zero-order valence-electron chi connectivity index (χ0n) is 21.4. The Morgan fingerprint density at radius 1 is 1.14 bits per heavy atom. The molecule has 2 amide bonds. The molecule has 3 aromatic rings. The number of anilines is 1. The Balaban J connectivity index is 1.52. The van der Waals surface area contributed by atoms with Crippen LogP contribution < -0.4 is 4.90 Å². The van der Waals surface area contributed by atoms with E-state index in [1.54, 1.807) is 36.2 Å². The molecule has 2 fully saturated rings. The fourth-order valence-corrected chi connectivity index (χ4v) is 5.63. The molecular formula is C29H31ClN4O2S. The summed E-state index contributed by atoms with van der Waals surface area (Å²) in [5.41, 5.74) is 4.26. The number of piperidine rings is 1. The van der Waals surface area contributed by atoms with Gasteiger partial charge in [0.05, 0.1) is 11.2 Å². The van der Waals surface area contributed by atoms with Crippen LogP contribution in [0.25, 0.3) is 17.0 Å². The predicted octanol–water partition coefficient (Wildman–Crippen LogP) is 5.72. The van der Waals surface area contributed by atoms with Gasteiger partial charge in [-0.2, -0.15) is 0 Å². The van der Waals surface area contributed by atoms with Crippen LogP contribution in [0.4, 0.5) is 5.69 Å². The number of thiocarbonyl (C=S) groups is 1. The van der Waals surface area contributed by atoms with Gasteiger partial charge in [-0.3, -0.25) is 14.5 Å². The van der Waals surface area contributed by atoms with Crippen LogP contribution in [0, 0.1) is 5.92 Å². The summed E-state index contributed by atoms with van der Waals surface area (Å²) in [4.78, 5) is 32.0. The van der Waals surface area contributed by atoms with Crippen LogP contribution in [-0.2, 0) is 22.6 Å². The minimum Gasteiger partial charge on any atom is -0.341 e. The summed E-state index contributed by atoms with van der Waals surface area (Å²) in [6.07, 6.45) is 6.83. The van der Waals surface area contributed by atoms with Crippen LogP contribution in [0.2, 0.25) is 5.02 Å². The normalized spacial score (nSPS) is 18.1. The van der Waals surface area contributed by atoms with E-state index in [2.05, 4.69) is 30.5 Å². The maximum Gasteiger partial charge on any atom is 0.281 e. The number of hydrogen-bond donors (Lipinski definition) is 0. The molecule has 0 saturated carbocycles. The predicted molar refractivity (Wildman–Crippen MR) is 154 cm³/mol. The first kappa shape index (κ1) is 25.5. The van der Waals surface area contributed by atoms with Gasteiger partial charge in [-0.1, -0.05) is 43.6 Å². The van der Waals surface area contributed by atoms with Crippen LogP contribution in [0.15, 0.2) is 54.4 Å². The van der Waals surface area contributed by atoms with Crippen molar-refractivity contribution in [2.75, 3.05) is 25.0 Å². The quantitative estimate of drug-likeness (QED) is 0.310. The smallest absolute Gasteiger partial charge is 0.281 e. The van der Waals surface area contributed by atoms with Crippen molar-refractivity contribution in [1.82, 2.24) is 14.4 Å². The molecule has 2 aromatic carbocycles. The molecule has 0 atom stereocenters. The first-order valence-corrected chi connectivity index (χ1v) is 13.5. The number of rotatable bonds is 5. The number of benzene rings is 2. The number of nitrogens with zero attached hydrogens (tertiary/aromatic N) is 4. The Morgan fingerprint density at radius 2 is 1.84 bits per heavy atom. The summed E-state index contributed by atoms with van der Waals surface area (Å²) in [5, 5.41) is 2.02. The van der Waals surface area contributed by atoms with Gasteiger partial charge in [0.25, 0.3) is 5.91 Å². The summed E-state index contributed by atoms with van der Waals surface area (Å²) in [6.45, 7) is 6.27. The van der Waals surface area contributed by atoms with Crippen LogP contribution in [0.3, 0.4) is 0 Å². The van der Waals surface area contributed by atoms with Crippen molar-refractivity contribution in [3.8, 4) is 0 Å². The monoisotopic (exact) mass is 534 g/mol. The number of hydrogen-bond acceptors (Lipinski definition) is 3. The molecular weight excluding hydrogens is 504 g/mol. The van der Waals surface area contributed by atoms with Gasteiger partial charge in [-0.15, -0.1) is 0 Å². The van der Waals surface area contributed by atoms with Gasteiger partial charge in [-0.05, 0) is 73.3 Å². The number of amides is 2. The van der Waals surface area contributed by atoms with E-state index in [-0.39, 0.29) is 18.4 Å². The van der Waals surface area contributed by atoms with Gasteiger partial charge in [-0.25, -0.2) is 0 Å². The number of para-hydroxylation sites is 1. The average Bonchev–Trinajstić information content (AvgIpc) is 3.34. The third kappa shape index (κ3) is 4.78. The molecule has 37 heavy (non-hydrogen) atoms. The molecule has 0 radical (unpaired) electrons. The fourth-order valence-electron chi connectivity index (χ4n) is 5.22. The zero-order chi connectivity index (χ0) is 26.3. The molecule has 2 aliphatic heterocycles. The number of likely N-dealkylation sites (N-methyl/N-ethyl adjacent to an activating group) is 1. The summed E-state index contributed by atoms with van der Waals surface area (Å²) < 4.78 is 2.05. The molecule has 3 heterocycles. The van der Waals surface area contributed by atoms with Crippen molar-refractivity contribution in [3.63, 3.8) is 0 Å². The third-order valence-corrected chi connectivity index (χ3v) is 8.18. The number of aryl methyl sites for hydroxylation is 1. The van der Waals surface area contributed by atoms with E-state index in [1.807, 2.05) is 23.2 Å². The van der Waals surface area contributed by atoms with Gasteiger partial charge in [0.15, 0.2) is 5.11 Å². The Hall–Kier alpha value is -3.16. The van der Waals surface area contributed by atoms with Crippen LogP contribution in [0.5, 0.6) is 0 Å². The number of aromatic nitrogens is 1. The van der Waals surface area contributed by atoms with Gasteiger partial charge in [0.2, 0.25) is 5.91 Å². The van der Waals surface area contributed by atoms with Crippen molar-refractivity contribution in [1.29, 1.82) is 0 Å². The summed E-state index contributed by atoms with van der Waals surface area (Å²) in [7, 11) is 1.81. The Labute approximate surface area is 228 Å². The van der Waals surface area contributed by atoms with Gasteiger partial charge in [0, 0.05) is 42.3 Å². The molecule has 6 nitrogen and oxygen atoms in total. The van der Waals surface area contributed by atoms with Crippen molar-refractivity contribution in [3.05, 3.63) is 70.5 Å². The largest absolute Gasteiger partial charge is 0.341 e. The summed E-state index contributed by atoms with van der Waals surface area (Å²) in [5.74, 6) is 0.611. The maximum absolute atomic E-state index is 13.5. The highest BCUT2D eigenvalue weighted by atomic mass is 35.5. The Morgan fingerprint density at radius 3 is 2.51 bits per heavy atom. The highest BCUT2D eigenvalue weighted by molar-refractivity contribution is 7.80. The van der Waals surface area contributed by atoms with Crippen LogP contribution in [-0.4, -0.2) is 51.4 Å². The second-order valence-corrected chi connectivity index (χ2v) is 10.7.